The molecular weight excluding hydrogens is 369 g/mol. The van der Waals surface area contributed by atoms with Crippen molar-refractivity contribution < 1.29 is 4.79 Å². The zero-order valence-electron chi connectivity index (χ0n) is 16.3. The third-order valence-electron chi connectivity index (χ3n) is 5.18. The summed E-state index contributed by atoms with van der Waals surface area (Å²) in [6.45, 7) is 8.02. The summed E-state index contributed by atoms with van der Waals surface area (Å²) in [6.07, 6.45) is 4.66. The van der Waals surface area contributed by atoms with Crippen LogP contribution in [-0.4, -0.2) is 48.9 Å². The van der Waals surface area contributed by atoms with E-state index in [9.17, 15) is 4.79 Å². The number of likely N-dealkylation sites (tertiary alicyclic amines) is 1. The number of hydrogen-bond donors (Lipinski definition) is 1. The molecule has 150 valence electrons. The highest BCUT2D eigenvalue weighted by molar-refractivity contribution is 5.87. The second-order valence-electron chi connectivity index (χ2n) is 7.42. The van der Waals surface area contributed by atoms with Gasteiger partial charge in [0.2, 0.25) is 5.91 Å². The summed E-state index contributed by atoms with van der Waals surface area (Å²) < 4.78 is 0. The Labute approximate surface area is 171 Å². The van der Waals surface area contributed by atoms with E-state index in [0.717, 1.165) is 38.0 Å². The molecule has 2 rings (SSSR count). The Balaban J connectivity index is 0.00000312. The van der Waals surface area contributed by atoms with E-state index < -0.39 is 5.54 Å². The maximum absolute atomic E-state index is 12.9. The van der Waals surface area contributed by atoms with E-state index >= 15 is 0 Å². The monoisotopic (exact) mass is 403 g/mol. The molecule has 1 amide bonds. The minimum atomic E-state index is -0.938. The largest absolute Gasteiger partial charge is 0.341 e. The van der Waals surface area contributed by atoms with Gasteiger partial charge in [-0.1, -0.05) is 43.7 Å². The van der Waals surface area contributed by atoms with Crippen molar-refractivity contribution in [1.82, 2.24) is 9.80 Å². The summed E-state index contributed by atoms with van der Waals surface area (Å²) in [5.41, 5.74) is 6.33. The molecule has 1 saturated heterocycles. The average Bonchev–Trinajstić information content (AvgIpc) is 2.60. The van der Waals surface area contributed by atoms with Gasteiger partial charge in [-0.15, -0.1) is 24.8 Å². The number of piperidine rings is 1. The number of benzene rings is 1. The van der Waals surface area contributed by atoms with Gasteiger partial charge in [0.15, 0.2) is 0 Å². The predicted octanol–water partition coefficient (Wildman–Crippen LogP) is 3.67. The summed E-state index contributed by atoms with van der Waals surface area (Å²) in [5.74, 6) is 0.739. The molecular formula is C20H35Cl2N3O. The molecule has 6 heteroatoms. The van der Waals surface area contributed by atoms with Gasteiger partial charge in [0.05, 0.1) is 0 Å². The van der Waals surface area contributed by atoms with Crippen molar-refractivity contribution in [2.24, 2.45) is 11.7 Å². The van der Waals surface area contributed by atoms with E-state index in [0.29, 0.717) is 5.92 Å². The van der Waals surface area contributed by atoms with Gasteiger partial charge in [0.25, 0.3) is 0 Å². The second kappa shape index (κ2) is 11.8. The fraction of sp³-hybridized carbons (Fsp3) is 0.650. The molecule has 1 aliphatic heterocycles. The van der Waals surface area contributed by atoms with Crippen LogP contribution in [0.15, 0.2) is 30.3 Å². The molecule has 0 bridgehead atoms. The lowest BCUT2D eigenvalue weighted by atomic mass is 9.89. The van der Waals surface area contributed by atoms with E-state index in [1.165, 1.54) is 19.4 Å². The molecule has 1 unspecified atom stereocenters. The summed E-state index contributed by atoms with van der Waals surface area (Å²) >= 11 is 0. The van der Waals surface area contributed by atoms with E-state index in [1.54, 1.807) is 0 Å². The third-order valence-corrected chi connectivity index (χ3v) is 5.18. The Kier molecular flexibility index (Phi) is 11.4. The topological polar surface area (TPSA) is 49.6 Å². The number of carbonyl (C=O) groups excluding carboxylic acids is 1. The summed E-state index contributed by atoms with van der Waals surface area (Å²) in [7, 11) is 2.21. The number of unbranched alkanes of at least 4 members (excludes halogenated alkanes) is 1. The Hall–Kier alpha value is -0.810. The van der Waals surface area contributed by atoms with Crippen LogP contribution in [0, 0.1) is 5.92 Å². The highest BCUT2D eigenvalue weighted by atomic mass is 35.5. The van der Waals surface area contributed by atoms with Crippen LogP contribution in [0.25, 0.3) is 0 Å². The van der Waals surface area contributed by atoms with E-state index in [2.05, 4.69) is 18.9 Å². The van der Waals surface area contributed by atoms with Crippen molar-refractivity contribution in [3.63, 3.8) is 0 Å². The first-order valence-electron chi connectivity index (χ1n) is 9.27. The summed E-state index contributed by atoms with van der Waals surface area (Å²) in [4.78, 5) is 17.3. The number of nitrogens with two attached hydrogens (primary N) is 1. The molecule has 0 aliphatic carbocycles. The van der Waals surface area contributed by atoms with Gasteiger partial charge < -0.3 is 15.5 Å². The Morgan fingerprint density at radius 1 is 1.23 bits per heavy atom. The van der Waals surface area contributed by atoms with E-state index in [1.807, 2.05) is 42.2 Å². The summed E-state index contributed by atoms with van der Waals surface area (Å²) in [5, 5.41) is 0. The zero-order valence-corrected chi connectivity index (χ0v) is 18.0. The van der Waals surface area contributed by atoms with Gasteiger partial charge in [0, 0.05) is 19.6 Å². The van der Waals surface area contributed by atoms with Crippen LogP contribution in [0.1, 0.15) is 45.1 Å². The van der Waals surface area contributed by atoms with Gasteiger partial charge >= 0.3 is 0 Å². The normalized spacial score (nSPS) is 17.2. The summed E-state index contributed by atoms with van der Waals surface area (Å²) in [6, 6.07) is 9.70. The number of nitrogens with zero attached hydrogens (tertiary/aromatic N) is 2. The van der Waals surface area contributed by atoms with Crippen LogP contribution in [0.4, 0.5) is 0 Å². The molecule has 1 aliphatic rings. The first-order valence-corrected chi connectivity index (χ1v) is 9.27. The second-order valence-corrected chi connectivity index (χ2v) is 7.42. The Morgan fingerprint density at radius 2 is 1.81 bits per heavy atom. The highest BCUT2D eigenvalue weighted by Gasteiger charge is 2.36. The molecule has 1 aromatic carbocycles. The smallest absolute Gasteiger partial charge is 0.246 e. The van der Waals surface area contributed by atoms with Crippen LogP contribution in [0.2, 0.25) is 0 Å². The molecule has 4 nitrogen and oxygen atoms in total. The predicted molar refractivity (Wildman–Crippen MR) is 114 cm³/mol. The van der Waals surface area contributed by atoms with Crippen molar-refractivity contribution in [3.05, 3.63) is 35.9 Å². The fourth-order valence-electron chi connectivity index (χ4n) is 3.52. The lowest BCUT2D eigenvalue weighted by molar-refractivity contribution is -0.138. The number of rotatable bonds is 7. The molecule has 0 radical (unpaired) electrons. The minimum Gasteiger partial charge on any atom is -0.341 e. The molecule has 26 heavy (non-hydrogen) atoms. The quantitative estimate of drug-likeness (QED) is 0.754. The molecule has 2 N–H and O–H groups in total. The van der Waals surface area contributed by atoms with Crippen molar-refractivity contribution >= 4 is 30.7 Å². The third kappa shape index (κ3) is 6.73. The van der Waals surface area contributed by atoms with E-state index in [-0.39, 0.29) is 30.7 Å². The minimum absolute atomic E-state index is 0. The van der Waals surface area contributed by atoms with Gasteiger partial charge in [-0.3, -0.25) is 4.79 Å². The lowest BCUT2D eigenvalue weighted by Gasteiger charge is -2.38. The molecule has 0 saturated carbocycles. The molecule has 1 aromatic rings. The Bertz CT molecular complexity index is 517. The van der Waals surface area contributed by atoms with Crippen molar-refractivity contribution in [1.29, 1.82) is 0 Å². The van der Waals surface area contributed by atoms with Crippen LogP contribution in [0.3, 0.4) is 0 Å². The molecule has 0 spiro atoms. The van der Waals surface area contributed by atoms with Gasteiger partial charge in [-0.25, -0.2) is 0 Å². The van der Waals surface area contributed by atoms with E-state index in [4.69, 9.17) is 5.73 Å². The average molecular weight is 404 g/mol. The van der Waals surface area contributed by atoms with Crippen molar-refractivity contribution in [2.45, 2.75) is 45.1 Å². The fourth-order valence-corrected chi connectivity index (χ4v) is 3.52. The standard InChI is InChI=1S/C20H33N3O.2ClH/c1-4-5-13-22(3)16-17-11-14-23(15-12-17)19(24)20(2,21)18-9-7-6-8-10-18;;/h6-10,17H,4-5,11-16,21H2,1-3H3;2*1H. The van der Waals surface area contributed by atoms with Crippen LogP contribution < -0.4 is 5.73 Å². The first kappa shape index (κ1) is 25.2. The van der Waals surface area contributed by atoms with Crippen molar-refractivity contribution in [3.8, 4) is 0 Å². The SMILES string of the molecule is CCCCN(C)CC1CCN(C(=O)C(C)(N)c2ccccc2)CC1.Cl.Cl. The first-order chi connectivity index (χ1) is 11.4. The Morgan fingerprint density at radius 3 is 2.35 bits per heavy atom. The van der Waals surface area contributed by atoms with Gasteiger partial charge in [0.1, 0.15) is 5.54 Å². The maximum atomic E-state index is 12.9. The molecule has 0 aromatic heterocycles. The van der Waals surface area contributed by atoms with Crippen LogP contribution in [0.5, 0.6) is 0 Å². The lowest BCUT2D eigenvalue weighted by Crippen LogP contribution is -2.53. The van der Waals surface area contributed by atoms with Crippen molar-refractivity contribution in [2.75, 3.05) is 33.2 Å². The van der Waals surface area contributed by atoms with Crippen LogP contribution >= 0.6 is 24.8 Å². The number of carbonyl (C=O) groups is 1. The van der Waals surface area contributed by atoms with Gasteiger partial charge in [-0.05, 0) is 51.3 Å². The van der Waals surface area contributed by atoms with Crippen LogP contribution in [-0.2, 0) is 10.3 Å². The number of amides is 1. The number of halogens is 2. The molecule has 1 fully saturated rings. The number of hydrogen-bond acceptors (Lipinski definition) is 3. The molecule has 1 atom stereocenters. The maximum Gasteiger partial charge on any atom is 0.246 e. The molecule has 1 heterocycles. The zero-order chi connectivity index (χ0) is 17.6. The highest BCUT2D eigenvalue weighted by Crippen LogP contribution is 2.25. The van der Waals surface area contributed by atoms with Gasteiger partial charge in [-0.2, -0.15) is 0 Å².